The van der Waals surface area contributed by atoms with Crippen LogP contribution in [-0.4, -0.2) is 14.2 Å². The van der Waals surface area contributed by atoms with Crippen LogP contribution in [0.15, 0.2) is 72.8 Å². The predicted molar refractivity (Wildman–Crippen MR) is 119 cm³/mol. The maximum atomic E-state index is 9.74. The molecule has 0 radical (unpaired) electrons. The summed E-state index contributed by atoms with van der Waals surface area (Å²) in [6.07, 6.45) is 3.57. The molecule has 146 valence electrons. The van der Waals surface area contributed by atoms with Crippen molar-refractivity contribution in [3.63, 3.8) is 0 Å². The van der Waals surface area contributed by atoms with Gasteiger partial charge in [-0.25, -0.2) is 0 Å². The van der Waals surface area contributed by atoms with Crippen molar-refractivity contribution < 1.29 is 9.47 Å². The minimum Gasteiger partial charge on any atom is -0.496 e. The van der Waals surface area contributed by atoms with E-state index in [4.69, 9.17) is 9.47 Å². The molecule has 3 aromatic rings. The molecule has 0 saturated heterocycles. The lowest BCUT2D eigenvalue weighted by Crippen LogP contribution is -1.90. The van der Waals surface area contributed by atoms with Gasteiger partial charge in [-0.05, 0) is 41.5 Å². The Morgan fingerprint density at radius 2 is 1.10 bits per heavy atom. The van der Waals surface area contributed by atoms with Gasteiger partial charge in [0.2, 0.25) is 0 Å². The highest BCUT2D eigenvalue weighted by Gasteiger charge is 2.09. The van der Waals surface area contributed by atoms with Crippen molar-refractivity contribution >= 4 is 23.3 Å². The lowest BCUT2D eigenvalue weighted by molar-refractivity contribution is 0.414. The average molecular weight is 392 g/mol. The van der Waals surface area contributed by atoms with E-state index in [0.29, 0.717) is 22.6 Å². The Morgan fingerprint density at radius 3 is 1.50 bits per heavy atom. The van der Waals surface area contributed by atoms with Crippen LogP contribution in [-0.2, 0) is 0 Å². The van der Waals surface area contributed by atoms with Gasteiger partial charge in [-0.2, -0.15) is 10.5 Å². The maximum absolute atomic E-state index is 9.74. The zero-order valence-corrected chi connectivity index (χ0v) is 16.8. The van der Waals surface area contributed by atoms with Gasteiger partial charge in [-0.15, -0.1) is 0 Å². The highest BCUT2D eigenvalue weighted by molar-refractivity contribution is 5.94. The highest BCUT2D eigenvalue weighted by Crippen LogP contribution is 2.28. The van der Waals surface area contributed by atoms with Gasteiger partial charge in [0.1, 0.15) is 11.5 Å². The second-order valence-corrected chi connectivity index (χ2v) is 6.40. The highest BCUT2D eigenvalue weighted by atomic mass is 16.5. The van der Waals surface area contributed by atoms with Crippen molar-refractivity contribution in [3.8, 4) is 23.6 Å². The van der Waals surface area contributed by atoms with Gasteiger partial charge in [-0.3, -0.25) is 0 Å². The molecule has 0 aliphatic carbocycles. The summed E-state index contributed by atoms with van der Waals surface area (Å²) in [6.45, 7) is 0. The van der Waals surface area contributed by atoms with Crippen LogP contribution in [0.5, 0.6) is 11.5 Å². The number of para-hydroxylation sites is 2. The van der Waals surface area contributed by atoms with Gasteiger partial charge in [0.05, 0.1) is 37.5 Å². The van der Waals surface area contributed by atoms with E-state index in [1.165, 1.54) is 0 Å². The Kier molecular flexibility index (Phi) is 6.66. The monoisotopic (exact) mass is 392 g/mol. The first-order valence-electron chi connectivity index (χ1n) is 9.30. The second-order valence-electron chi connectivity index (χ2n) is 6.40. The van der Waals surface area contributed by atoms with Crippen molar-refractivity contribution in [2.75, 3.05) is 14.2 Å². The van der Waals surface area contributed by atoms with E-state index in [2.05, 4.69) is 12.1 Å². The molecule has 0 aliphatic rings. The largest absolute Gasteiger partial charge is 0.496 e. The number of benzene rings is 3. The van der Waals surface area contributed by atoms with E-state index in [0.717, 1.165) is 22.3 Å². The van der Waals surface area contributed by atoms with Crippen LogP contribution >= 0.6 is 0 Å². The summed E-state index contributed by atoms with van der Waals surface area (Å²) in [5, 5.41) is 19.5. The van der Waals surface area contributed by atoms with Gasteiger partial charge >= 0.3 is 0 Å². The van der Waals surface area contributed by atoms with Gasteiger partial charge in [0, 0.05) is 11.1 Å². The normalized spacial score (nSPS) is 11.3. The third-order valence-corrected chi connectivity index (χ3v) is 4.60. The number of ether oxygens (including phenoxy) is 2. The first-order chi connectivity index (χ1) is 14.7. The second kappa shape index (κ2) is 9.78. The summed E-state index contributed by atoms with van der Waals surface area (Å²) < 4.78 is 10.8. The molecule has 30 heavy (non-hydrogen) atoms. The number of nitrogens with zero attached hydrogens (tertiary/aromatic N) is 2. The van der Waals surface area contributed by atoms with Crippen LogP contribution in [0.4, 0.5) is 0 Å². The quantitative estimate of drug-likeness (QED) is 0.391. The Hall–Kier alpha value is -4.28. The SMILES string of the molecule is COc1ccccc1/C=C(\C#N)c1cccc(/C(C#N)=C\c2ccccc2OC)c1. The molecule has 0 bridgehead atoms. The van der Waals surface area contributed by atoms with Crippen LogP contribution in [0, 0.1) is 22.7 Å². The smallest absolute Gasteiger partial charge is 0.126 e. The summed E-state index contributed by atoms with van der Waals surface area (Å²) in [4.78, 5) is 0. The summed E-state index contributed by atoms with van der Waals surface area (Å²) in [7, 11) is 3.20. The van der Waals surface area contributed by atoms with Gasteiger partial charge in [-0.1, -0.05) is 54.6 Å². The molecule has 3 rings (SSSR count). The Bertz CT molecular complexity index is 1100. The summed E-state index contributed by atoms with van der Waals surface area (Å²) in [5.74, 6) is 1.38. The number of methoxy groups -OCH3 is 2. The Balaban J connectivity index is 2.04. The third kappa shape index (κ3) is 4.58. The number of rotatable bonds is 6. The zero-order valence-electron chi connectivity index (χ0n) is 16.8. The van der Waals surface area contributed by atoms with Crippen molar-refractivity contribution in [1.29, 1.82) is 10.5 Å². The van der Waals surface area contributed by atoms with Crippen LogP contribution in [0.2, 0.25) is 0 Å². The molecule has 0 heterocycles. The number of hydrogen-bond acceptors (Lipinski definition) is 4. The fourth-order valence-electron chi connectivity index (χ4n) is 3.10. The van der Waals surface area contributed by atoms with Crippen LogP contribution in [0.25, 0.3) is 23.3 Å². The molecule has 0 spiro atoms. The Labute approximate surface area is 176 Å². The molecule has 0 aromatic heterocycles. The fraction of sp³-hybridized carbons (Fsp3) is 0.0769. The minimum absolute atomic E-state index is 0.482. The number of hydrogen-bond donors (Lipinski definition) is 0. The van der Waals surface area contributed by atoms with Crippen molar-refractivity contribution in [2.24, 2.45) is 0 Å². The van der Waals surface area contributed by atoms with E-state index < -0.39 is 0 Å². The molecular formula is C26H20N2O2. The lowest BCUT2D eigenvalue weighted by Gasteiger charge is -2.08. The van der Waals surface area contributed by atoms with E-state index >= 15 is 0 Å². The van der Waals surface area contributed by atoms with E-state index in [1.807, 2.05) is 72.8 Å². The molecule has 0 amide bonds. The molecule has 0 atom stereocenters. The van der Waals surface area contributed by atoms with Crippen LogP contribution < -0.4 is 9.47 Å². The van der Waals surface area contributed by atoms with E-state index in [-0.39, 0.29) is 0 Å². The maximum Gasteiger partial charge on any atom is 0.126 e. The fourth-order valence-corrected chi connectivity index (χ4v) is 3.10. The van der Waals surface area contributed by atoms with Crippen molar-refractivity contribution in [1.82, 2.24) is 0 Å². The number of nitriles is 2. The first-order valence-corrected chi connectivity index (χ1v) is 9.30. The van der Waals surface area contributed by atoms with Crippen LogP contribution in [0.3, 0.4) is 0 Å². The predicted octanol–water partition coefficient (Wildman–Crippen LogP) is 5.83. The lowest BCUT2D eigenvalue weighted by atomic mass is 9.97. The minimum atomic E-state index is 0.482. The standard InChI is InChI=1S/C26H20N2O2/c1-29-25-12-5-3-8-21(25)15-23(17-27)19-10-7-11-20(14-19)24(18-28)16-22-9-4-6-13-26(22)30-2/h3-16H,1-2H3/b23-15-,24-16+. The van der Waals surface area contributed by atoms with Crippen molar-refractivity contribution in [3.05, 3.63) is 95.1 Å². The summed E-state index contributed by atoms with van der Waals surface area (Å²) in [5.41, 5.74) is 4.04. The summed E-state index contributed by atoms with van der Waals surface area (Å²) in [6, 6.07) is 26.9. The van der Waals surface area contributed by atoms with Gasteiger partial charge < -0.3 is 9.47 Å². The van der Waals surface area contributed by atoms with Crippen LogP contribution in [0.1, 0.15) is 22.3 Å². The molecule has 4 nitrogen and oxygen atoms in total. The third-order valence-electron chi connectivity index (χ3n) is 4.60. The molecule has 0 aliphatic heterocycles. The first kappa shape index (κ1) is 20.5. The molecule has 0 saturated carbocycles. The molecule has 3 aromatic carbocycles. The number of allylic oxidation sites excluding steroid dienone is 2. The molecule has 0 N–H and O–H groups in total. The average Bonchev–Trinajstić information content (AvgIpc) is 2.81. The molecule has 0 unspecified atom stereocenters. The molecular weight excluding hydrogens is 372 g/mol. The van der Waals surface area contributed by atoms with Gasteiger partial charge in [0.25, 0.3) is 0 Å². The summed E-state index contributed by atoms with van der Waals surface area (Å²) >= 11 is 0. The van der Waals surface area contributed by atoms with Gasteiger partial charge in [0.15, 0.2) is 0 Å². The topological polar surface area (TPSA) is 66.0 Å². The molecule has 0 fully saturated rings. The Morgan fingerprint density at radius 1 is 0.667 bits per heavy atom. The molecule has 4 heteroatoms. The van der Waals surface area contributed by atoms with Crippen molar-refractivity contribution in [2.45, 2.75) is 0 Å². The van der Waals surface area contributed by atoms with E-state index in [9.17, 15) is 10.5 Å². The zero-order chi connectivity index (χ0) is 21.3. The van der Waals surface area contributed by atoms with E-state index in [1.54, 1.807) is 26.4 Å².